The van der Waals surface area contributed by atoms with E-state index in [2.05, 4.69) is 25.1 Å². The van der Waals surface area contributed by atoms with Crippen LogP contribution in [0.2, 0.25) is 0 Å². The molecule has 0 aliphatic carbocycles. The molecule has 0 fully saturated rings. The number of benzene rings is 1. The summed E-state index contributed by atoms with van der Waals surface area (Å²) < 4.78 is 39.9. The van der Waals surface area contributed by atoms with Gasteiger partial charge in [-0.25, -0.2) is 27.8 Å². The van der Waals surface area contributed by atoms with E-state index in [-0.39, 0.29) is 17.2 Å². The fraction of sp³-hybridized carbons (Fsp3) is 0.350. The van der Waals surface area contributed by atoms with Crippen molar-refractivity contribution in [2.75, 3.05) is 32.6 Å². The zero-order valence-corrected chi connectivity index (χ0v) is 18.9. The molecule has 2 aromatic heterocycles. The highest BCUT2D eigenvalue weighted by Crippen LogP contribution is 2.28. The van der Waals surface area contributed by atoms with Crippen molar-refractivity contribution < 1.29 is 17.9 Å². The van der Waals surface area contributed by atoms with Crippen LogP contribution in [0, 0.1) is 20.8 Å². The normalized spacial score (nSPS) is 11.4. The van der Waals surface area contributed by atoms with Crippen molar-refractivity contribution in [1.29, 1.82) is 0 Å². The van der Waals surface area contributed by atoms with Gasteiger partial charge in [0.1, 0.15) is 28.0 Å². The number of ether oxygens (including phenoxy) is 2. The van der Waals surface area contributed by atoms with Crippen molar-refractivity contribution in [3.8, 4) is 17.3 Å². The second-order valence-corrected chi connectivity index (χ2v) is 8.57. The lowest BCUT2D eigenvalue weighted by Crippen LogP contribution is -2.29. The second-order valence-electron chi connectivity index (χ2n) is 6.84. The molecule has 0 amide bonds. The standard InChI is InChI=1S/C20H26N6O4S/c1-13-10-14(2)26(25-13)20-12-19(23-15(3)24-20)21-8-9-22-31(27,28)18-7-6-16(29-4)11-17(18)30-5/h6-7,10-12,22H,8-9H2,1-5H3,(H,21,23,24). The predicted octanol–water partition coefficient (Wildman–Crippen LogP) is 2.00. The lowest BCUT2D eigenvalue weighted by molar-refractivity contribution is 0.386. The highest BCUT2D eigenvalue weighted by molar-refractivity contribution is 7.89. The molecular formula is C20H26N6O4S. The van der Waals surface area contributed by atoms with E-state index in [0.717, 1.165) is 11.4 Å². The number of nitrogens with zero attached hydrogens (tertiary/aromatic N) is 4. The Kier molecular flexibility index (Phi) is 6.76. The van der Waals surface area contributed by atoms with E-state index in [1.165, 1.54) is 26.4 Å². The highest BCUT2D eigenvalue weighted by atomic mass is 32.2. The molecule has 0 bridgehead atoms. The number of sulfonamides is 1. The third-order valence-corrected chi connectivity index (χ3v) is 5.94. The zero-order chi connectivity index (χ0) is 22.6. The Morgan fingerprint density at radius 3 is 2.42 bits per heavy atom. The maximum Gasteiger partial charge on any atom is 0.244 e. The molecule has 2 heterocycles. The maximum absolute atomic E-state index is 12.7. The fourth-order valence-corrected chi connectivity index (χ4v) is 4.24. The van der Waals surface area contributed by atoms with E-state index >= 15 is 0 Å². The Bertz CT molecular complexity index is 1180. The van der Waals surface area contributed by atoms with Gasteiger partial charge >= 0.3 is 0 Å². The number of methoxy groups -OCH3 is 2. The molecule has 0 radical (unpaired) electrons. The molecule has 166 valence electrons. The van der Waals surface area contributed by atoms with E-state index in [1.807, 2.05) is 19.9 Å². The van der Waals surface area contributed by atoms with E-state index in [0.29, 0.717) is 29.8 Å². The lowest BCUT2D eigenvalue weighted by Gasteiger charge is -2.13. The molecule has 0 saturated carbocycles. The third-order valence-electron chi connectivity index (χ3n) is 4.43. The molecule has 0 unspecified atom stereocenters. The molecule has 11 heteroatoms. The summed E-state index contributed by atoms with van der Waals surface area (Å²) in [5.74, 6) is 2.52. The van der Waals surface area contributed by atoms with Gasteiger partial charge in [-0.2, -0.15) is 5.10 Å². The van der Waals surface area contributed by atoms with Crippen LogP contribution in [0.3, 0.4) is 0 Å². The number of rotatable bonds is 9. The zero-order valence-electron chi connectivity index (χ0n) is 18.1. The van der Waals surface area contributed by atoms with Crippen LogP contribution in [0.15, 0.2) is 35.2 Å². The summed E-state index contributed by atoms with van der Waals surface area (Å²) in [7, 11) is -0.850. The number of aryl methyl sites for hydroxylation is 3. The van der Waals surface area contributed by atoms with Gasteiger partial charge in [0.15, 0.2) is 5.82 Å². The summed E-state index contributed by atoms with van der Waals surface area (Å²) in [6, 6.07) is 8.28. The van der Waals surface area contributed by atoms with Crippen LogP contribution in [-0.4, -0.2) is 55.5 Å². The lowest BCUT2D eigenvalue weighted by atomic mass is 10.3. The van der Waals surface area contributed by atoms with Gasteiger partial charge in [-0.1, -0.05) is 0 Å². The summed E-state index contributed by atoms with van der Waals surface area (Å²) in [4.78, 5) is 8.83. The average molecular weight is 447 g/mol. The fourth-order valence-electron chi connectivity index (χ4n) is 3.06. The van der Waals surface area contributed by atoms with Gasteiger partial charge in [-0.05, 0) is 39.0 Å². The van der Waals surface area contributed by atoms with E-state index in [1.54, 1.807) is 23.7 Å². The first-order valence-corrected chi connectivity index (χ1v) is 11.1. The van der Waals surface area contributed by atoms with E-state index in [4.69, 9.17) is 9.47 Å². The first-order chi connectivity index (χ1) is 14.7. The molecule has 31 heavy (non-hydrogen) atoms. The number of aromatic nitrogens is 4. The van der Waals surface area contributed by atoms with Crippen LogP contribution < -0.4 is 19.5 Å². The third kappa shape index (κ3) is 5.30. The highest BCUT2D eigenvalue weighted by Gasteiger charge is 2.19. The first-order valence-electron chi connectivity index (χ1n) is 9.58. The summed E-state index contributed by atoms with van der Waals surface area (Å²) in [5, 5.41) is 7.56. The summed E-state index contributed by atoms with van der Waals surface area (Å²) in [6.07, 6.45) is 0. The van der Waals surface area contributed by atoms with Gasteiger partial charge in [-0.15, -0.1) is 0 Å². The summed E-state index contributed by atoms with van der Waals surface area (Å²) in [6.45, 7) is 6.13. The van der Waals surface area contributed by atoms with Crippen LogP contribution in [0.5, 0.6) is 11.5 Å². The van der Waals surface area contributed by atoms with Crippen molar-refractivity contribution in [3.63, 3.8) is 0 Å². The monoisotopic (exact) mass is 446 g/mol. The molecule has 3 rings (SSSR count). The van der Waals surface area contributed by atoms with Gasteiger partial charge in [0.25, 0.3) is 0 Å². The second kappa shape index (κ2) is 9.31. The molecule has 10 nitrogen and oxygen atoms in total. The Morgan fingerprint density at radius 2 is 1.77 bits per heavy atom. The van der Waals surface area contributed by atoms with Crippen LogP contribution in [-0.2, 0) is 10.0 Å². The van der Waals surface area contributed by atoms with E-state index in [9.17, 15) is 8.42 Å². The Morgan fingerprint density at radius 1 is 1.00 bits per heavy atom. The number of nitrogens with one attached hydrogen (secondary N) is 2. The molecule has 2 N–H and O–H groups in total. The van der Waals surface area contributed by atoms with Gasteiger partial charge in [-0.3, -0.25) is 0 Å². The van der Waals surface area contributed by atoms with Crippen LogP contribution >= 0.6 is 0 Å². The minimum atomic E-state index is -3.76. The minimum Gasteiger partial charge on any atom is -0.497 e. The van der Waals surface area contributed by atoms with Gasteiger partial charge in [0, 0.05) is 30.9 Å². The quantitative estimate of drug-likeness (QED) is 0.479. The van der Waals surface area contributed by atoms with Gasteiger partial charge in [0.05, 0.1) is 19.9 Å². The molecule has 1 aromatic carbocycles. The molecule has 0 atom stereocenters. The topological polar surface area (TPSA) is 120 Å². The Hall–Kier alpha value is -3.18. The molecule has 0 aliphatic heterocycles. The molecule has 3 aromatic rings. The maximum atomic E-state index is 12.7. The van der Waals surface area contributed by atoms with Gasteiger partial charge < -0.3 is 14.8 Å². The number of hydrogen-bond donors (Lipinski definition) is 2. The van der Waals surface area contributed by atoms with Crippen molar-refractivity contribution in [1.82, 2.24) is 24.5 Å². The number of hydrogen-bond acceptors (Lipinski definition) is 8. The number of anilines is 1. The van der Waals surface area contributed by atoms with Crippen molar-refractivity contribution in [2.24, 2.45) is 0 Å². The minimum absolute atomic E-state index is 0.0421. The molecule has 0 aliphatic rings. The largest absolute Gasteiger partial charge is 0.497 e. The molecule has 0 saturated heterocycles. The van der Waals surface area contributed by atoms with E-state index < -0.39 is 10.0 Å². The molecular weight excluding hydrogens is 420 g/mol. The predicted molar refractivity (Wildman–Crippen MR) is 117 cm³/mol. The Balaban J connectivity index is 1.66. The van der Waals surface area contributed by atoms with Crippen molar-refractivity contribution in [3.05, 3.63) is 47.5 Å². The SMILES string of the molecule is COc1ccc(S(=O)(=O)NCCNc2cc(-n3nc(C)cc3C)nc(C)n2)c(OC)c1. The smallest absolute Gasteiger partial charge is 0.244 e. The first kappa shape index (κ1) is 22.5. The van der Waals surface area contributed by atoms with Crippen molar-refractivity contribution in [2.45, 2.75) is 25.7 Å². The summed E-state index contributed by atoms with van der Waals surface area (Å²) >= 11 is 0. The average Bonchev–Trinajstić information content (AvgIpc) is 3.08. The van der Waals surface area contributed by atoms with Crippen LogP contribution in [0.1, 0.15) is 17.2 Å². The molecule has 0 spiro atoms. The van der Waals surface area contributed by atoms with Gasteiger partial charge in [0.2, 0.25) is 10.0 Å². The van der Waals surface area contributed by atoms with Crippen molar-refractivity contribution >= 4 is 15.8 Å². The van der Waals surface area contributed by atoms with Crippen LogP contribution in [0.4, 0.5) is 5.82 Å². The summed E-state index contributed by atoms with van der Waals surface area (Å²) in [5.41, 5.74) is 1.86. The Labute approximate surface area is 181 Å². The van der Waals surface area contributed by atoms with Crippen LogP contribution in [0.25, 0.3) is 5.82 Å².